The molecule has 0 saturated carbocycles. The van der Waals surface area contributed by atoms with Gasteiger partial charge >= 0.3 is 0 Å². The molecular formula is C13H25N3OS. The maximum absolute atomic E-state index is 12.5. The van der Waals surface area contributed by atoms with Gasteiger partial charge in [-0.2, -0.15) is 11.8 Å². The van der Waals surface area contributed by atoms with Crippen LogP contribution in [-0.4, -0.2) is 71.5 Å². The average molecular weight is 271 g/mol. The lowest BCUT2D eigenvalue weighted by molar-refractivity contribution is -0.137. The van der Waals surface area contributed by atoms with Gasteiger partial charge in [0.15, 0.2) is 0 Å². The van der Waals surface area contributed by atoms with Crippen LogP contribution in [-0.2, 0) is 4.79 Å². The summed E-state index contributed by atoms with van der Waals surface area (Å²) in [6.07, 6.45) is 0. The van der Waals surface area contributed by atoms with E-state index in [1.165, 1.54) is 0 Å². The summed E-state index contributed by atoms with van der Waals surface area (Å²) in [4.78, 5) is 16.9. The molecule has 2 fully saturated rings. The Labute approximate surface area is 114 Å². The van der Waals surface area contributed by atoms with Crippen LogP contribution >= 0.6 is 11.8 Å². The predicted molar refractivity (Wildman–Crippen MR) is 77.0 cm³/mol. The first-order chi connectivity index (χ1) is 8.61. The van der Waals surface area contributed by atoms with Crippen LogP contribution in [0.2, 0.25) is 0 Å². The lowest BCUT2D eigenvalue weighted by atomic mass is 10.1. The minimum atomic E-state index is 0.0291. The van der Waals surface area contributed by atoms with E-state index >= 15 is 0 Å². The van der Waals surface area contributed by atoms with Crippen molar-refractivity contribution in [2.24, 2.45) is 0 Å². The van der Waals surface area contributed by atoms with Gasteiger partial charge in [0.1, 0.15) is 0 Å². The van der Waals surface area contributed by atoms with E-state index < -0.39 is 0 Å². The number of hydrogen-bond acceptors (Lipinski definition) is 4. The standard InChI is InChI=1S/C13H25N3OS/c1-10-12(3)18-9-8-16(10)11(2)13(17)15-6-4-14-5-7-15/h10-12,14H,4-9H2,1-3H3. The normalized spacial score (nSPS) is 32.3. The summed E-state index contributed by atoms with van der Waals surface area (Å²) in [5.74, 6) is 1.45. The molecule has 2 rings (SSSR count). The Hall–Kier alpha value is -0.260. The molecule has 2 aliphatic rings. The molecular weight excluding hydrogens is 246 g/mol. The summed E-state index contributed by atoms with van der Waals surface area (Å²) in [6, 6.07) is 0.520. The van der Waals surface area contributed by atoms with E-state index in [1.807, 2.05) is 16.7 Å². The lowest BCUT2D eigenvalue weighted by Gasteiger charge is -2.42. The topological polar surface area (TPSA) is 35.6 Å². The number of carbonyl (C=O) groups excluding carboxylic acids is 1. The second-order valence-electron chi connectivity index (χ2n) is 5.31. The first-order valence-electron chi connectivity index (χ1n) is 6.98. The van der Waals surface area contributed by atoms with Crippen molar-refractivity contribution < 1.29 is 4.79 Å². The molecule has 0 aromatic heterocycles. The molecule has 0 spiro atoms. The molecule has 2 aliphatic heterocycles. The number of piperazine rings is 1. The van der Waals surface area contributed by atoms with Crippen molar-refractivity contribution in [2.45, 2.75) is 38.1 Å². The summed E-state index contributed by atoms with van der Waals surface area (Å²) in [5.41, 5.74) is 0. The smallest absolute Gasteiger partial charge is 0.239 e. The first-order valence-corrected chi connectivity index (χ1v) is 8.03. The van der Waals surface area contributed by atoms with Gasteiger partial charge in [-0.05, 0) is 13.8 Å². The number of nitrogens with zero attached hydrogens (tertiary/aromatic N) is 2. The minimum absolute atomic E-state index is 0.0291. The molecule has 2 heterocycles. The maximum atomic E-state index is 12.5. The quantitative estimate of drug-likeness (QED) is 0.799. The molecule has 104 valence electrons. The monoisotopic (exact) mass is 271 g/mol. The summed E-state index contributed by atoms with van der Waals surface area (Å²) in [6.45, 7) is 11.2. The van der Waals surface area contributed by atoms with Gasteiger partial charge in [0.2, 0.25) is 5.91 Å². The maximum Gasteiger partial charge on any atom is 0.239 e. The molecule has 0 radical (unpaired) electrons. The molecule has 0 bridgehead atoms. The Bertz CT molecular complexity index is 294. The number of rotatable bonds is 2. The van der Waals surface area contributed by atoms with Crippen LogP contribution in [0.5, 0.6) is 0 Å². The minimum Gasteiger partial charge on any atom is -0.339 e. The zero-order chi connectivity index (χ0) is 13.1. The number of hydrogen-bond donors (Lipinski definition) is 1. The van der Waals surface area contributed by atoms with Crippen LogP contribution in [0.4, 0.5) is 0 Å². The van der Waals surface area contributed by atoms with Crippen LogP contribution in [0.25, 0.3) is 0 Å². The zero-order valence-corrected chi connectivity index (χ0v) is 12.5. The largest absolute Gasteiger partial charge is 0.339 e. The van der Waals surface area contributed by atoms with E-state index in [-0.39, 0.29) is 6.04 Å². The van der Waals surface area contributed by atoms with Crippen molar-refractivity contribution in [1.29, 1.82) is 0 Å². The molecule has 0 aromatic rings. The average Bonchev–Trinajstić information content (AvgIpc) is 2.41. The van der Waals surface area contributed by atoms with Crippen molar-refractivity contribution in [3.05, 3.63) is 0 Å². The third kappa shape index (κ3) is 3.00. The summed E-state index contributed by atoms with van der Waals surface area (Å²) < 4.78 is 0. The lowest BCUT2D eigenvalue weighted by Crippen LogP contribution is -2.57. The molecule has 4 nitrogen and oxygen atoms in total. The molecule has 0 aromatic carbocycles. The van der Waals surface area contributed by atoms with Crippen molar-refractivity contribution in [1.82, 2.24) is 15.1 Å². The number of nitrogens with one attached hydrogen (secondary N) is 1. The molecule has 3 atom stereocenters. The first kappa shape index (κ1) is 14.2. The predicted octanol–water partition coefficient (Wildman–Crippen LogP) is 0.633. The molecule has 0 aliphatic carbocycles. The van der Waals surface area contributed by atoms with Crippen LogP contribution < -0.4 is 5.32 Å². The summed E-state index contributed by atoms with van der Waals surface area (Å²) in [5, 5.41) is 3.92. The van der Waals surface area contributed by atoms with E-state index in [4.69, 9.17) is 0 Å². The third-order valence-corrected chi connectivity index (χ3v) is 5.55. The Morgan fingerprint density at radius 3 is 2.61 bits per heavy atom. The van der Waals surface area contributed by atoms with Crippen molar-refractivity contribution in [2.75, 3.05) is 38.5 Å². The molecule has 5 heteroatoms. The third-order valence-electron chi connectivity index (χ3n) is 4.22. The highest BCUT2D eigenvalue weighted by molar-refractivity contribution is 8.00. The molecule has 18 heavy (non-hydrogen) atoms. The summed E-state index contributed by atoms with van der Waals surface area (Å²) in [7, 11) is 0. The number of carbonyl (C=O) groups is 1. The van der Waals surface area contributed by atoms with Crippen LogP contribution in [0.3, 0.4) is 0 Å². The van der Waals surface area contributed by atoms with Crippen molar-refractivity contribution in [3.8, 4) is 0 Å². The van der Waals surface area contributed by atoms with Gasteiger partial charge in [-0.15, -0.1) is 0 Å². The van der Waals surface area contributed by atoms with Crippen LogP contribution in [0.15, 0.2) is 0 Å². The SMILES string of the molecule is CC1SCCN(C(C)C(=O)N2CCNCC2)C1C. The highest BCUT2D eigenvalue weighted by Gasteiger charge is 2.33. The fourth-order valence-electron chi connectivity index (χ4n) is 2.79. The van der Waals surface area contributed by atoms with E-state index in [1.54, 1.807) is 0 Å². The number of amides is 1. The van der Waals surface area contributed by atoms with Crippen molar-refractivity contribution in [3.63, 3.8) is 0 Å². The van der Waals surface area contributed by atoms with Gasteiger partial charge in [0.05, 0.1) is 6.04 Å². The fourth-order valence-corrected chi connectivity index (χ4v) is 3.92. The van der Waals surface area contributed by atoms with E-state index in [9.17, 15) is 4.79 Å². The molecule has 3 unspecified atom stereocenters. The van der Waals surface area contributed by atoms with Gasteiger partial charge in [-0.25, -0.2) is 0 Å². The highest BCUT2D eigenvalue weighted by Crippen LogP contribution is 2.26. The molecule has 1 amide bonds. The fraction of sp³-hybridized carbons (Fsp3) is 0.923. The van der Waals surface area contributed by atoms with Gasteiger partial charge in [-0.3, -0.25) is 9.69 Å². The van der Waals surface area contributed by atoms with E-state index in [0.717, 1.165) is 38.5 Å². The van der Waals surface area contributed by atoms with Crippen molar-refractivity contribution >= 4 is 17.7 Å². The van der Waals surface area contributed by atoms with Gasteiger partial charge < -0.3 is 10.2 Å². The van der Waals surface area contributed by atoms with Gasteiger partial charge in [-0.1, -0.05) is 6.92 Å². The second-order valence-corrected chi connectivity index (χ2v) is 6.79. The van der Waals surface area contributed by atoms with E-state index in [2.05, 4.69) is 31.0 Å². The van der Waals surface area contributed by atoms with E-state index in [0.29, 0.717) is 17.2 Å². The summed E-state index contributed by atoms with van der Waals surface area (Å²) >= 11 is 2.02. The van der Waals surface area contributed by atoms with Gasteiger partial charge in [0, 0.05) is 49.8 Å². The Balaban J connectivity index is 1.96. The van der Waals surface area contributed by atoms with Gasteiger partial charge in [0.25, 0.3) is 0 Å². The van der Waals surface area contributed by atoms with Crippen LogP contribution in [0.1, 0.15) is 20.8 Å². The Morgan fingerprint density at radius 1 is 1.28 bits per heavy atom. The Kier molecular flexibility index (Phi) is 4.92. The highest BCUT2D eigenvalue weighted by atomic mass is 32.2. The Morgan fingerprint density at radius 2 is 1.94 bits per heavy atom. The molecule has 2 saturated heterocycles. The zero-order valence-electron chi connectivity index (χ0n) is 11.7. The van der Waals surface area contributed by atoms with Crippen LogP contribution in [0, 0.1) is 0 Å². The molecule has 1 N–H and O–H groups in total. The number of thioether (sulfide) groups is 1. The second kappa shape index (κ2) is 6.26.